The summed E-state index contributed by atoms with van der Waals surface area (Å²) >= 11 is 6.17. The second-order valence-corrected chi connectivity index (χ2v) is 8.91. The van der Waals surface area contributed by atoms with Gasteiger partial charge in [-0.15, -0.1) is 0 Å². The van der Waals surface area contributed by atoms with Crippen LogP contribution in [0.25, 0.3) is 0 Å². The van der Waals surface area contributed by atoms with Gasteiger partial charge < -0.3 is 9.64 Å². The van der Waals surface area contributed by atoms with Crippen molar-refractivity contribution in [3.63, 3.8) is 0 Å². The third-order valence-electron chi connectivity index (χ3n) is 5.00. The number of rotatable bonds is 8. The van der Waals surface area contributed by atoms with Gasteiger partial charge >= 0.3 is 0 Å². The van der Waals surface area contributed by atoms with E-state index in [4.69, 9.17) is 16.3 Å². The number of benzene rings is 2. The largest absolute Gasteiger partial charge is 0.497 e. The van der Waals surface area contributed by atoms with Crippen LogP contribution in [0.15, 0.2) is 47.4 Å². The number of hydrogen-bond donors (Lipinski definition) is 0. The average Bonchev–Trinajstić information content (AvgIpc) is 2.73. The molecular weight excluding hydrogens is 412 g/mol. The fourth-order valence-corrected chi connectivity index (χ4v) is 4.98. The maximum absolute atomic E-state index is 13.0. The summed E-state index contributed by atoms with van der Waals surface area (Å²) < 4.78 is 32.2. The van der Waals surface area contributed by atoms with Crippen molar-refractivity contribution < 1.29 is 17.9 Å². The van der Waals surface area contributed by atoms with Crippen molar-refractivity contribution in [2.75, 3.05) is 27.2 Å². The molecule has 158 valence electrons. The van der Waals surface area contributed by atoms with E-state index < -0.39 is 10.0 Å². The monoisotopic (exact) mass is 438 g/mol. The van der Waals surface area contributed by atoms with E-state index in [1.807, 2.05) is 31.2 Å². The number of methoxy groups -OCH3 is 1. The van der Waals surface area contributed by atoms with Crippen molar-refractivity contribution in [1.29, 1.82) is 0 Å². The van der Waals surface area contributed by atoms with E-state index in [9.17, 15) is 13.2 Å². The van der Waals surface area contributed by atoms with Gasteiger partial charge in [0.1, 0.15) is 10.6 Å². The first-order valence-corrected chi connectivity index (χ1v) is 11.2. The molecule has 0 radical (unpaired) electrons. The Hall–Kier alpha value is -2.09. The summed E-state index contributed by atoms with van der Waals surface area (Å²) in [5.74, 6) is 0.444. The van der Waals surface area contributed by atoms with Gasteiger partial charge in [0, 0.05) is 25.7 Å². The lowest BCUT2D eigenvalue weighted by molar-refractivity contribution is 0.0742. The van der Waals surface area contributed by atoms with Crippen molar-refractivity contribution in [3.8, 4) is 5.75 Å². The van der Waals surface area contributed by atoms with Gasteiger partial charge in [-0.2, -0.15) is 4.31 Å². The molecule has 0 spiro atoms. The number of amides is 1. The van der Waals surface area contributed by atoms with Crippen LogP contribution in [0.1, 0.15) is 42.7 Å². The van der Waals surface area contributed by atoms with Crippen LogP contribution in [0.5, 0.6) is 5.75 Å². The van der Waals surface area contributed by atoms with Gasteiger partial charge in [0.25, 0.3) is 5.91 Å². The van der Waals surface area contributed by atoms with Gasteiger partial charge in [-0.25, -0.2) is 8.42 Å². The topological polar surface area (TPSA) is 66.9 Å². The minimum Gasteiger partial charge on any atom is -0.497 e. The molecule has 0 N–H and O–H groups in total. The van der Waals surface area contributed by atoms with Crippen LogP contribution < -0.4 is 4.74 Å². The second-order valence-electron chi connectivity index (χ2n) is 6.60. The SMILES string of the molecule is CCN(CC)S(=O)(=O)c1cc(C(=O)N(C)C(C)c2ccc(OC)cc2)ccc1Cl. The zero-order valence-electron chi connectivity index (χ0n) is 17.3. The maximum Gasteiger partial charge on any atom is 0.254 e. The standard InChI is InChI=1S/C21H27ClN2O4S/c1-6-24(7-2)29(26,27)20-14-17(10-13-19(20)22)21(25)23(4)15(3)16-8-11-18(28-5)12-9-16/h8-15H,6-7H2,1-5H3. The molecule has 0 aliphatic heterocycles. The van der Waals surface area contributed by atoms with E-state index >= 15 is 0 Å². The third-order valence-corrected chi connectivity index (χ3v) is 7.53. The highest BCUT2D eigenvalue weighted by Gasteiger charge is 2.27. The van der Waals surface area contributed by atoms with E-state index in [1.165, 1.54) is 16.4 Å². The van der Waals surface area contributed by atoms with Crippen molar-refractivity contribution in [1.82, 2.24) is 9.21 Å². The quantitative estimate of drug-likeness (QED) is 0.619. The van der Waals surface area contributed by atoms with Crippen LogP contribution in [0.4, 0.5) is 0 Å². The lowest BCUT2D eigenvalue weighted by Gasteiger charge is -2.26. The molecule has 0 aromatic heterocycles. The Labute approximate surface area is 178 Å². The first-order chi connectivity index (χ1) is 13.7. The summed E-state index contributed by atoms with van der Waals surface area (Å²) in [4.78, 5) is 14.5. The average molecular weight is 439 g/mol. The Balaban J connectivity index is 2.35. The molecule has 0 heterocycles. The molecule has 2 aromatic carbocycles. The van der Waals surface area contributed by atoms with Gasteiger partial charge in [0.2, 0.25) is 10.0 Å². The van der Waals surface area contributed by atoms with Crippen LogP contribution >= 0.6 is 11.6 Å². The normalized spacial score (nSPS) is 12.7. The molecule has 8 heteroatoms. The number of carbonyl (C=O) groups excluding carboxylic acids is 1. The number of nitrogens with zero attached hydrogens (tertiary/aromatic N) is 2. The van der Waals surface area contributed by atoms with Gasteiger partial charge in [0.15, 0.2) is 0 Å². The highest BCUT2D eigenvalue weighted by molar-refractivity contribution is 7.89. The maximum atomic E-state index is 13.0. The van der Waals surface area contributed by atoms with E-state index in [-0.39, 0.29) is 27.4 Å². The Morgan fingerprint density at radius 2 is 1.69 bits per heavy atom. The predicted octanol–water partition coefficient (Wildman–Crippen LogP) is 4.21. The number of carbonyl (C=O) groups is 1. The minimum absolute atomic E-state index is 0.0563. The van der Waals surface area contributed by atoms with E-state index in [1.54, 1.807) is 39.0 Å². The zero-order valence-corrected chi connectivity index (χ0v) is 18.9. The van der Waals surface area contributed by atoms with Crippen molar-refractivity contribution >= 4 is 27.5 Å². The Bertz CT molecular complexity index is 957. The summed E-state index contributed by atoms with van der Waals surface area (Å²) in [6.07, 6.45) is 0. The summed E-state index contributed by atoms with van der Waals surface area (Å²) in [5, 5.41) is 0.0966. The van der Waals surface area contributed by atoms with Crippen molar-refractivity contribution in [2.45, 2.75) is 31.7 Å². The molecule has 0 aliphatic rings. The number of halogens is 1. The molecule has 0 fully saturated rings. The van der Waals surface area contributed by atoms with Crippen molar-refractivity contribution in [2.24, 2.45) is 0 Å². The number of hydrogen-bond acceptors (Lipinski definition) is 4. The third kappa shape index (κ3) is 4.91. The molecule has 29 heavy (non-hydrogen) atoms. The minimum atomic E-state index is -3.78. The van der Waals surface area contributed by atoms with E-state index in [0.29, 0.717) is 13.1 Å². The fraction of sp³-hybridized carbons (Fsp3) is 0.381. The van der Waals surface area contributed by atoms with E-state index in [2.05, 4.69) is 0 Å². The Morgan fingerprint density at radius 1 is 1.10 bits per heavy atom. The molecule has 2 rings (SSSR count). The summed E-state index contributed by atoms with van der Waals surface area (Å²) in [6.45, 7) is 6.06. The fourth-order valence-electron chi connectivity index (χ4n) is 3.02. The van der Waals surface area contributed by atoms with Gasteiger partial charge in [0.05, 0.1) is 18.2 Å². The molecule has 0 bridgehead atoms. The zero-order chi connectivity index (χ0) is 21.8. The lowest BCUT2D eigenvalue weighted by atomic mass is 10.1. The highest BCUT2D eigenvalue weighted by Crippen LogP contribution is 2.28. The summed E-state index contributed by atoms with van der Waals surface area (Å²) in [6, 6.07) is 11.6. The predicted molar refractivity (Wildman–Crippen MR) is 115 cm³/mol. The summed E-state index contributed by atoms with van der Waals surface area (Å²) in [7, 11) is -0.496. The first-order valence-electron chi connectivity index (χ1n) is 9.38. The summed E-state index contributed by atoms with van der Waals surface area (Å²) in [5.41, 5.74) is 1.20. The molecule has 1 amide bonds. The van der Waals surface area contributed by atoms with Gasteiger partial charge in [-0.3, -0.25) is 4.79 Å². The second kappa shape index (κ2) is 9.61. The van der Waals surface area contributed by atoms with Crippen molar-refractivity contribution in [3.05, 3.63) is 58.6 Å². The molecular formula is C21H27ClN2O4S. The Kier molecular flexibility index (Phi) is 7.68. The molecule has 0 saturated heterocycles. The van der Waals surface area contributed by atoms with Crippen LogP contribution in [0.2, 0.25) is 5.02 Å². The molecule has 2 aromatic rings. The lowest BCUT2D eigenvalue weighted by Crippen LogP contribution is -2.32. The van der Waals surface area contributed by atoms with Gasteiger partial charge in [-0.1, -0.05) is 37.6 Å². The molecule has 0 aliphatic carbocycles. The smallest absolute Gasteiger partial charge is 0.254 e. The van der Waals surface area contributed by atoms with Crippen LogP contribution in [0.3, 0.4) is 0 Å². The highest BCUT2D eigenvalue weighted by atomic mass is 35.5. The van der Waals surface area contributed by atoms with E-state index in [0.717, 1.165) is 11.3 Å². The van der Waals surface area contributed by atoms with Crippen LogP contribution in [0, 0.1) is 0 Å². The molecule has 0 saturated carbocycles. The van der Waals surface area contributed by atoms with Gasteiger partial charge in [-0.05, 0) is 42.8 Å². The number of ether oxygens (including phenoxy) is 1. The molecule has 6 nitrogen and oxygen atoms in total. The Morgan fingerprint density at radius 3 is 2.21 bits per heavy atom. The van der Waals surface area contributed by atoms with Crippen LogP contribution in [-0.4, -0.2) is 50.8 Å². The first kappa shape index (κ1) is 23.2. The molecule has 1 atom stereocenters. The molecule has 1 unspecified atom stereocenters. The number of sulfonamides is 1. The van der Waals surface area contributed by atoms with Crippen LogP contribution in [-0.2, 0) is 10.0 Å².